The van der Waals surface area contributed by atoms with Gasteiger partial charge in [0.2, 0.25) is 12.0 Å². The summed E-state index contributed by atoms with van der Waals surface area (Å²) in [4.78, 5) is 19.9. The van der Waals surface area contributed by atoms with Crippen molar-refractivity contribution in [2.24, 2.45) is 0 Å². The zero-order valence-corrected chi connectivity index (χ0v) is 12.6. The highest BCUT2D eigenvalue weighted by molar-refractivity contribution is 6.32. The summed E-state index contributed by atoms with van der Waals surface area (Å²) in [7, 11) is 0. The number of hydrogen-bond donors (Lipinski definition) is 0. The number of nitrogens with zero attached hydrogens (tertiary/aromatic N) is 4. The summed E-state index contributed by atoms with van der Waals surface area (Å²) in [5.74, 6) is -0.0765. The third-order valence-electron chi connectivity index (χ3n) is 3.55. The van der Waals surface area contributed by atoms with Crippen LogP contribution in [0.4, 0.5) is 0 Å². The van der Waals surface area contributed by atoms with Crippen LogP contribution in [-0.2, 0) is 9.53 Å². The number of hydrogen-bond acceptors (Lipinski definition) is 6. The summed E-state index contributed by atoms with van der Waals surface area (Å²) in [6, 6.07) is 7.32. The molecule has 1 aliphatic heterocycles. The lowest BCUT2D eigenvalue weighted by Crippen LogP contribution is -2.22. The van der Waals surface area contributed by atoms with Crippen molar-refractivity contribution in [3.8, 4) is 11.6 Å². The van der Waals surface area contributed by atoms with Gasteiger partial charge in [-0.3, -0.25) is 0 Å². The van der Waals surface area contributed by atoms with E-state index in [2.05, 4.69) is 15.1 Å². The smallest absolute Gasteiger partial charge is 0.347 e. The molecule has 0 spiro atoms. The number of rotatable bonds is 3. The van der Waals surface area contributed by atoms with Crippen molar-refractivity contribution in [1.29, 1.82) is 0 Å². The molecule has 23 heavy (non-hydrogen) atoms. The highest BCUT2D eigenvalue weighted by Gasteiger charge is 2.29. The van der Waals surface area contributed by atoms with Crippen molar-refractivity contribution in [3.05, 3.63) is 41.8 Å². The lowest BCUT2D eigenvalue weighted by molar-refractivity contribution is -0.143. The minimum absolute atomic E-state index is 0.303. The molecule has 1 atom stereocenters. The second kappa shape index (κ2) is 5.51. The monoisotopic (exact) mass is 330 g/mol. The van der Waals surface area contributed by atoms with Crippen molar-refractivity contribution < 1.29 is 14.3 Å². The van der Waals surface area contributed by atoms with Crippen LogP contribution in [-0.4, -0.2) is 38.4 Å². The Labute approximate surface area is 135 Å². The third kappa shape index (κ3) is 2.39. The molecule has 0 amide bonds. The van der Waals surface area contributed by atoms with Gasteiger partial charge in [0.15, 0.2) is 5.65 Å². The van der Waals surface area contributed by atoms with Gasteiger partial charge in [-0.1, -0.05) is 23.7 Å². The number of para-hydroxylation sites is 1. The molecule has 0 radical (unpaired) electrons. The van der Waals surface area contributed by atoms with Crippen molar-refractivity contribution in [2.75, 3.05) is 6.61 Å². The van der Waals surface area contributed by atoms with Crippen molar-refractivity contribution in [1.82, 2.24) is 19.7 Å². The molecule has 1 aromatic carbocycles. The van der Waals surface area contributed by atoms with E-state index < -0.39 is 6.10 Å². The van der Waals surface area contributed by atoms with Crippen molar-refractivity contribution in [3.63, 3.8) is 0 Å². The first-order valence-electron chi connectivity index (χ1n) is 7.01. The first-order chi connectivity index (χ1) is 11.2. The maximum Gasteiger partial charge on any atom is 0.347 e. The van der Waals surface area contributed by atoms with Gasteiger partial charge in [-0.25, -0.2) is 19.4 Å². The largest absolute Gasteiger partial charge is 0.463 e. The fraction of sp³-hybridized carbons (Fsp3) is 0.200. The molecule has 4 rings (SSSR count). The van der Waals surface area contributed by atoms with Crippen LogP contribution in [0.2, 0.25) is 5.02 Å². The number of ether oxygens (including phenoxy) is 2. The number of benzene rings is 1. The van der Waals surface area contributed by atoms with E-state index >= 15 is 0 Å². The first-order valence-corrected chi connectivity index (χ1v) is 7.39. The lowest BCUT2D eigenvalue weighted by Gasteiger charge is -2.09. The van der Waals surface area contributed by atoms with Crippen molar-refractivity contribution >= 4 is 28.6 Å². The molecule has 0 saturated carbocycles. The molecule has 0 aliphatic carbocycles. The molecular weight excluding hydrogens is 320 g/mol. The summed E-state index contributed by atoms with van der Waals surface area (Å²) in [6.07, 6.45) is 2.82. The first kappa shape index (κ1) is 14.0. The number of carbonyl (C=O) groups is 1. The zero-order chi connectivity index (χ0) is 15.8. The third-order valence-corrected chi connectivity index (χ3v) is 3.87. The van der Waals surface area contributed by atoms with Gasteiger partial charge in [0.05, 0.1) is 23.5 Å². The van der Waals surface area contributed by atoms with Gasteiger partial charge in [-0.05, 0) is 12.1 Å². The Kier molecular flexibility index (Phi) is 3.34. The second-order valence-electron chi connectivity index (χ2n) is 4.99. The zero-order valence-electron chi connectivity index (χ0n) is 11.8. The maximum absolute atomic E-state index is 11.6. The van der Waals surface area contributed by atoms with E-state index in [1.54, 1.807) is 16.9 Å². The van der Waals surface area contributed by atoms with Crippen LogP contribution in [0.25, 0.3) is 16.7 Å². The molecule has 8 heteroatoms. The van der Waals surface area contributed by atoms with Gasteiger partial charge in [0, 0.05) is 6.42 Å². The SMILES string of the molecule is O=C1OCCC1Oc1ncnc2c1cnn2-c1ccccc1Cl. The molecule has 3 heterocycles. The number of fused-ring (bicyclic) bond motifs is 1. The van der Waals surface area contributed by atoms with Crippen LogP contribution < -0.4 is 4.74 Å². The normalized spacial score (nSPS) is 17.4. The fourth-order valence-electron chi connectivity index (χ4n) is 2.44. The highest BCUT2D eigenvalue weighted by atomic mass is 35.5. The average Bonchev–Trinajstić information content (AvgIpc) is 3.15. The van der Waals surface area contributed by atoms with Gasteiger partial charge in [0.1, 0.15) is 11.7 Å². The molecule has 1 fully saturated rings. The molecule has 1 aliphatic rings. The molecule has 0 N–H and O–H groups in total. The molecule has 116 valence electrons. The molecule has 1 unspecified atom stereocenters. The van der Waals surface area contributed by atoms with Crippen LogP contribution in [0.3, 0.4) is 0 Å². The number of halogens is 1. The topological polar surface area (TPSA) is 79.1 Å². The molecule has 7 nitrogen and oxygen atoms in total. The molecular formula is C15H11ClN4O3. The van der Waals surface area contributed by atoms with Gasteiger partial charge in [-0.2, -0.15) is 5.10 Å². The number of aromatic nitrogens is 4. The Morgan fingerprint density at radius 3 is 2.96 bits per heavy atom. The molecule has 0 bridgehead atoms. The Hall–Kier alpha value is -2.67. The minimum Gasteiger partial charge on any atom is -0.463 e. The van der Waals surface area contributed by atoms with E-state index in [-0.39, 0.29) is 5.97 Å². The van der Waals surface area contributed by atoms with E-state index in [1.807, 2.05) is 18.2 Å². The Morgan fingerprint density at radius 2 is 2.17 bits per heavy atom. The van der Waals surface area contributed by atoms with E-state index in [9.17, 15) is 4.79 Å². The Balaban J connectivity index is 1.78. The van der Waals surface area contributed by atoms with E-state index in [0.29, 0.717) is 40.7 Å². The summed E-state index contributed by atoms with van der Waals surface area (Å²) < 4.78 is 12.2. The van der Waals surface area contributed by atoms with E-state index in [0.717, 1.165) is 0 Å². The van der Waals surface area contributed by atoms with Gasteiger partial charge in [-0.15, -0.1) is 0 Å². The van der Waals surface area contributed by atoms with E-state index in [4.69, 9.17) is 21.1 Å². The Bertz CT molecular complexity index is 895. The summed E-state index contributed by atoms with van der Waals surface area (Å²) in [5.41, 5.74) is 1.25. The van der Waals surface area contributed by atoms with Crippen LogP contribution in [0, 0.1) is 0 Å². The summed E-state index contributed by atoms with van der Waals surface area (Å²) in [5, 5.41) is 5.47. The summed E-state index contributed by atoms with van der Waals surface area (Å²) >= 11 is 6.22. The average molecular weight is 331 g/mol. The van der Waals surface area contributed by atoms with Crippen LogP contribution in [0.1, 0.15) is 6.42 Å². The van der Waals surface area contributed by atoms with E-state index in [1.165, 1.54) is 6.33 Å². The van der Waals surface area contributed by atoms with Crippen molar-refractivity contribution in [2.45, 2.75) is 12.5 Å². The number of esters is 1. The predicted molar refractivity (Wildman–Crippen MR) is 81.7 cm³/mol. The Morgan fingerprint density at radius 1 is 1.30 bits per heavy atom. The fourth-order valence-corrected chi connectivity index (χ4v) is 2.65. The van der Waals surface area contributed by atoms with Gasteiger partial charge >= 0.3 is 5.97 Å². The molecule has 2 aromatic heterocycles. The number of carbonyl (C=O) groups excluding carboxylic acids is 1. The summed E-state index contributed by atoms with van der Waals surface area (Å²) in [6.45, 7) is 0.358. The predicted octanol–water partition coefficient (Wildman–Crippen LogP) is 2.16. The minimum atomic E-state index is -0.642. The number of cyclic esters (lactones) is 1. The van der Waals surface area contributed by atoms with Gasteiger partial charge < -0.3 is 9.47 Å². The van der Waals surface area contributed by atoms with Gasteiger partial charge in [0.25, 0.3) is 0 Å². The second-order valence-corrected chi connectivity index (χ2v) is 5.39. The molecule has 3 aromatic rings. The standard InChI is InChI=1S/C15H11ClN4O3/c16-10-3-1-2-4-11(10)20-13-9(7-19-20)14(18-8-17-13)23-12-5-6-22-15(12)21/h1-4,7-8,12H,5-6H2. The highest BCUT2D eigenvalue weighted by Crippen LogP contribution is 2.27. The quantitative estimate of drug-likeness (QED) is 0.685. The van der Waals surface area contributed by atoms with Crippen LogP contribution >= 0.6 is 11.6 Å². The van der Waals surface area contributed by atoms with Crippen LogP contribution in [0.5, 0.6) is 5.88 Å². The maximum atomic E-state index is 11.6. The molecule has 1 saturated heterocycles. The van der Waals surface area contributed by atoms with Crippen LogP contribution in [0.15, 0.2) is 36.8 Å². The lowest BCUT2D eigenvalue weighted by atomic mass is 10.3.